The lowest BCUT2D eigenvalue weighted by Gasteiger charge is -2.45. The first-order valence-electron chi connectivity index (χ1n) is 6.71. The minimum absolute atomic E-state index is 0.00662. The van der Waals surface area contributed by atoms with Crippen molar-refractivity contribution >= 4 is 23.1 Å². The molecule has 1 aliphatic rings. The highest BCUT2D eigenvalue weighted by Crippen LogP contribution is 2.20. The Morgan fingerprint density at radius 2 is 1.75 bits per heavy atom. The molecule has 1 aromatic carbocycles. The smallest absolute Gasteiger partial charge is 0.253 e. The molecule has 1 aromatic rings. The quantitative estimate of drug-likeness (QED) is 0.839. The van der Waals surface area contributed by atoms with Crippen LogP contribution in [0.3, 0.4) is 0 Å². The van der Waals surface area contributed by atoms with Crippen molar-refractivity contribution in [3.05, 3.63) is 35.4 Å². The Morgan fingerprint density at radius 1 is 1.20 bits per heavy atom. The van der Waals surface area contributed by atoms with Crippen LogP contribution in [0.2, 0.25) is 0 Å². The van der Waals surface area contributed by atoms with Gasteiger partial charge in [-0.1, -0.05) is 24.4 Å². The van der Waals surface area contributed by atoms with Crippen LogP contribution in [-0.4, -0.2) is 52.9 Å². The standard InChI is InChI=1S/C15H21N3OS/c1-15(2)10-18(9-8-17(15)3)14(19)12-6-4-11(5-7-12)13(16)20/h4-7H,8-10H2,1-3H3,(H2,16,20). The van der Waals surface area contributed by atoms with E-state index in [1.165, 1.54) is 0 Å². The van der Waals surface area contributed by atoms with Crippen LogP contribution in [0.4, 0.5) is 0 Å². The van der Waals surface area contributed by atoms with Crippen LogP contribution < -0.4 is 5.73 Å². The normalized spacial score (nSPS) is 18.9. The van der Waals surface area contributed by atoms with Gasteiger partial charge in [-0.05, 0) is 33.0 Å². The Hall–Kier alpha value is -1.46. The minimum atomic E-state index is 0.00662. The molecule has 0 atom stereocenters. The molecule has 4 nitrogen and oxygen atoms in total. The Labute approximate surface area is 125 Å². The van der Waals surface area contributed by atoms with Gasteiger partial charge in [-0.15, -0.1) is 0 Å². The summed E-state index contributed by atoms with van der Waals surface area (Å²) in [5.74, 6) is 0.0701. The van der Waals surface area contributed by atoms with E-state index in [0.29, 0.717) is 10.6 Å². The van der Waals surface area contributed by atoms with Crippen LogP contribution in [0, 0.1) is 0 Å². The predicted molar refractivity (Wildman–Crippen MR) is 84.9 cm³/mol. The molecule has 0 saturated carbocycles. The van der Waals surface area contributed by atoms with Gasteiger partial charge in [-0.25, -0.2) is 0 Å². The van der Waals surface area contributed by atoms with E-state index in [1.807, 2.05) is 4.90 Å². The van der Waals surface area contributed by atoms with Gasteiger partial charge in [-0.2, -0.15) is 0 Å². The van der Waals surface area contributed by atoms with Crippen LogP contribution in [0.1, 0.15) is 29.8 Å². The maximum absolute atomic E-state index is 12.5. The number of hydrogen-bond donors (Lipinski definition) is 1. The molecule has 1 amide bonds. The van der Waals surface area contributed by atoms with Crippen molar-refractivity contribution < 1.29 is 4.79 Å². The van der Waals surface area contributed by atoms with E-state index in [-0.39, 0.29) is 11.4 Å². The van der Waals surface area contributed by atoms with Crippen molar-refractivity contribution in [2.24, 2.45) is 5.73 Å². The first kappa shape index (κ1) is 14.9. The van der Waals surface area contributed by atoms with Crippen molar-refractivity contribution in [2.75, 3.05) is 26.7 Å². The average molecular weight is 291 g/mol. The number of nitrogens with zero attached hydrogens (tertiary/aromatic N) is 2. The maximum Gasteiger partial charge on any atom is 0.253 e. The number of thiocarbonyl (C=S) groups is 1. The van der Waals surface area contributed by atoms with Crippen molar-refractivity contribution in [3.63, 3.8) is 0 Å². The Morgan fingerprint density at radius 3 is 2.25 bits per heavy atom. The van der Waals surface area contributed by atoms with Gasteiger partial charge >= 0.3 is 0 Å². The number of nitrogens with two attached hydrogens (primary N) is 1. The van der Waals surface area contributed by atoms with E-state index in [0.717, 1.165) is 25.2 Å². The van der Waals surface area contributed by atoms with Crippen LogP contribution in [-0.2, 0) is 0 Å². The molecule has 0 aromatic heterocycles. The first-order valence-corrected chi connectivity index (χ1v) is 7.12. The molecule has 1 saturated heterocycles. The predicted octanol–water partition coefficient (Wildman–Crippen LogP) is 1.49. The Balaban J connectivity index is 2.13. The van der Waals surface area contributed by atoms with E-state index < -0.39 is 0 Å². The molecule has 0 bridgehead atoms. The molecule has 0 radical (unpaired) electrons. The van der Waals surface area contributed by atoms with E-state index >= 15 is 0 Å². The molecule has 0 aliphatic carbocycles. The summed E-state index contributed by atoms with van der Waals surface area (Å²) < 4.78 is 0. The van der Waals surface area contributed by atoms with Gasteiger partial charge in [0, 0.05) is 36.3 Å². The highest BCUT2D eigenvalue weighted by Gasteiger charge is 2.33. The fourth-order valence-corrected chi connectivity index (χ4v) is 2.51. The zero-order chi connectivity index (χ0) is 14.9. The fourth-order valence-electron chi connectivity index (χ4n) is 2.37. The number of likely N-dealkylation sites (N-methyl/N-ethyl adjacent to an activating group) is 1. The largest absolute Gasteiger partial charge is 0.389 e. The Kier molecular flexibility index (Phi) is 4.11. The zero-order valence-corrected chi connectivity index (χ0v) is 13.0. The van der Waals surface area contributed by atoms with E-state index in [2.05, 4.69) is 25.8 Å². The van der Waals surface area contributed by atoms with E-state index in [1.54, 1.807) is 24.3 Å². The van der Waals surface area contributed by atoms with E-state index in [4.69, 9.17) is 18.0 Å². The summed E-state index contributed by atoms with van der Waals surface area (Å²) in [6, 6.07) is 7.19. The van der Waals surface area contributed by atoms with Gasteiger partial charge in [0.15, 0.2) is 0 Å². The highest BCUT2D eigenvalue weighted by molar-refractivity contribution is 7.80. The second-order valence-corrected chi connectivity index (χ2v) is 6.34. The van der Waals surface area contributed by atoms with Crippen LogP contribution in [0.5, 0.6) is 0 Å². The molecule has 2 rings (SSSR count). The summed E-state index contributed by atoms with van der Waals surface area (Å²) in [6.45, 7) is 6.70. The second kappa shape index (κ2) is 5.50. The highest BCUT2D eigenvalue weighted by atomic mass is 32.1. The SMILES string of the molecule is CN1CCN(C(=O)c2ccc(C(N)=S)cc2)CC1(C)C. The maximum atomic E-state index is 12.5. The number of hydrogen-bond acceptors (Lipinski definition) is 3. The lowest BCUT2D eigenvalue weighted by Crippen LogP contribution is -2.58. The molecule has 0 unspecified atom stereocenters. The van der Waals surface area contributed by atoms with Crippen LogP contribution in [0.15, 0.2) is 24.3 Å². The number of piperazine rings is 1. The third-order valence-electron chi connectivity index (χ3n) is 4.02. The Bertz CT molecular complexity index is 524. The van der Waals surface area contributed by atoms with Crippen LogP contribution in [0.25, 0.3) is 0 Å². The molecule has 1 fully saturated rings. The average Bonchev–Trinajstić information content (AvgIpc) is 2.41. The van der Waals surface area contributed by atoms with E-state index in [9.17, 15) is 4.79 Å². The summed E-state index contributed by atoms with van der Waals surface area (Å²) in [4.78, 5) is 17.1. The first-order chi connectivity index (χ1) is 9.31. The number of amides is 1. The number of rotatable bonds is 2. The van der Waals surface area contributed by atoms with Crippen molar-refractivity contribution in [2.45, 2.75) is 19.4 Å². The number of benzene rings is 1. The van der Waals surface area contributed by atoms with Gasteiger partial charge in [0.25, 0.3) is 5.91 Å². The van der Waals surface area contributed by atoms with Gasteiger partial charge in [0.05, 0.1) is 0 Å². The second-order valence-electron chi connectivity index (χ2n) is 5.90. The van der Waals surface area contributed by atoms with Crippen LogP contribution >= 0.6 is 12.2 Å². The summed E-state index contributed by atoms with van der Waals surface area (Å²) in [5.41, 5.74) is 7.04. The summed E-state index contributed by atoms with van der Waals surface area (Å²) in [5, 5.41) is 0. The lowest BCUT2D eigenvalue weighted by molar-refractivity contribution is 0.0311. The summed E-state index contributed by atoms with van der Waals surface area (Å²) >= 11 is 4.92. The molecule has 0 spiro atoms. The number of carbonyl (C=O) groups is 1. The van der Waals surface area contributed by atoms with Crippen molar-refractivity contribution in [1.29, 1.82) is 0 Å². The molecular weight excluding hydrogens is 270 g/mol. The van der Waals surface area contributed by atoms with Gasteiger partial charge < -0.3 is 10.6 Å². The minimum Gasteiger partial charge on any atom is -0.389 e. The fraction of sp³-hybridized carbons (Fsp3) is 0.467. The summed E-state index contributed by atoms with van der Waals surface area (Å²) in [6.07, 6.45) is 0. The molecule has 5 heteroatoms. The molecule has 2 N–H and O–H groups in total. The molecule has 108 valence electrons. The van der Waals surface area contributed by atoms with Gasteiger partial charge in [-0.3, -0.25) is 9.69 Å². The topological polar surface area (TPSA) is 49.6 Å². The summed E-state index contributed by atoms with van der Waals surface area (Å²) in [7, 11) is 2.10. The number of carbonyl (C=O) groups excluding carboxylic acids is 1. The van der Waals surface area contributed by atoms with Crippen molar-refractivity contribution in [3.8, 4) is 0 Å². The third kappa shape index (κ3) is 2.99. The lowest BCUT2D eigenvalue weighted by atomic mass is 9.99. The van der Waals surface area contributed by atoms with Gasteiger partial charge in [0.2, 0.25) is 0 Å². The van der Waals surface area contributed by atoms with Crippen molar-refractivity contribution in [1.82, 2.24) is 9.80 Å². The molecule has 20 heavy (non-hydrogen) atoms. The zero-order valence-electron chi connectivity index (χ0n) is 12.2. The molecule has 1 heterocycles. The molecule has 1 aliphatic heterocycles. The van der Waals surface area contributed by atoms with Gasteiger partial charge in [0.1, 0.15) is 4.99 Å². The third-order valence-corrected chi connectivity index (χ3v) is 4.26. The molecular formula is C15H21N3OS. The monoisotopic (exact) mass is 291 g/mol.